The van der Waals surface area contributed by atoms with E-state index in [-0.39, 0.29) is 11.8 Å². The fourth-order valence-electron chi connectivity index (χ4n) is 2.46. The number of nitrogens with zero attached hydrogens (tertiary/aromatic N) is 1. The number of ether oxygens (including phenoxy) is 1. The van der Waals surface area contributed by atoms with E-state index in [4.69, 9.17) is 4.74 Å². The lowest BCUT2D eigenvalue weighted by atomic mass is 10.1. The van der Waals surface area contributed by atoms with Gasteiger partial charge in [0.15, 0.2) is 0 Å². The third-order valence-corrected chi connectivity index (χ3v) is 2.98. The summed E-state index contributed by atoms with van der Waals surface area (Å²) in [5, 5.41) is 0. The van der Waals surface area contributed by atoms with Gasteiger partial charge in [0.1, 0.15) is 5.78 Å². The number of Topliss-reactive ketones (excluding diaryl/α,β-unsaturated/α-hetero) is 1. The van der Waals surface area contributed by atoms with E-state index in [1.165, 1.54) is 0 Å². The standard InChI is InChI=1S/C11H21NO2/c1-8(2)12-10(7-14-4)5-6-11(12)9(3)13/h8,10-11H,5-7H2,1-4H3/t10-,11-/m0/s1. The highest BCUT2D eigenvalue weighted by atomic mass is 16.5. The first-order valence-corrected chi connectivity index (χ1v) is 5.34. The van der Waals surface area contributed by atoms with Crippen molar-refractivity contribution in [3.05, 3.63) is 0 Å². The Morgan fingerprint density at radius 3 is 2.57 bits per heavy atom. The number of hydrogen-bond acceptors (Lipinski definition) is 3. The smallest absolute Gasteiger partial charge is 0.146 e. The molecule has 82 valence electrons. The molecule has 14 heavy (non-hydrogen) atoms. The van der Waals surface area contributed by atoms with Gasteiger partial charge in [-0.15, -0.1) is 0 Å². The molecule has 1 aliphatic heterocycles. The molecule has 1 rings (SSSR count). The van der Waals surface area contributed by atoms with Crippen molar-refractivity contribution in [2.24, 2.45) is 0 Å². The van der Waals surface area contributed by atoms with Crippen molar-refractivity contribution in [2.75, 3.05) is 13.7 Å². The third kappa shape index (κ3) is 2.34. The van der Waals surface area contributed by atoms with Crippen LogP contribution in [0.2, 0.25) is 0 Å². The Bertz CT molecular complexity index is 203. The molecule has 1 heterocycles. The Hall–Kier alpha value is -0.410. The van der Waals surface area contributed by atoms with Gasteiger partial charge in [0, 0.05) is 19.2 Å². The van der Waals surface area contributed by atoms with Crippen LogP contribution in [-0.4, -0.2) is 42.5 Å². The maximum absolute atomic E-state index is 11.4. The molecule has 0 amide bonds. The van der Waals surface area contributed by atoms with E-state index < -0.39 is 0 Å². The van der Waals surface area contributed by atoms with E-state index >= 15 is 0 Å². The molecule has 1 aliphatic rings. The Kier molecular flexibility index (Phi) is 4.08. The number of carbonyl (C=O) groups excluding carboxylic acids is 1. The first-order valence-electron chi connectivity index (χ1n) is 5.34. The molecule has 0 saturated carbocycles. The normalized spacial score (nSPS) is 28.6. The summed E-state index contributed by atoms with van der Waals surface area (Å²) >= 11 is 0. The lowest BCUT2D eigenvalue weighted by molar-refractivity contribution is -0.122. The summed E-state index contributed by atoms with van der Waals surface area (Å²) in [6.45, 7) is 6.71. The average Bonchev–Trinajstić information content (AvgIpc) is 2.48. The second-order valence-electron chi connectivity index (χ2n) is 4.35. The van der Waals surface area contributed by atoms with Gasteiger partial charge in [-0.25, -0.2) is 0 Å². The minimum absolute atomic E-state index is 0.121. The van der Waals surface area contributed by atoms with Crippen molar-refractivity contribution in [2.45, 2.75) is 51.7 Å². The van der Waals surface area contributed by atoms with Crippen LogP contribution in [0, 0.1) is 0 Å². The number of rotatable bonds is 4. The van der Waals surface area contributed by atoms with E-state index in [0.29, 0.717) is 12.1 Å². The van der Waals surface area contributed by atoms with Gasteiger partial charge < -0.3 is 4.74 Å². The summed E-state index contributed by atoms with van der Waals surface area (Å²) in [5.41, 5.74) is 0. The topological polar surface area (TPSA) is 29.5 Å². The predicted octanol–water partition coefficient (Wildman–Crippen LogP) is 1.46. The SMILES string of the molecule is COC[C@@H]1CC[C@@H](C(C)=O)N1C(C)C. The zero-order valence-corrected chi connectivity index (χ0v) is 9.62. The van der Waals surface area contributed by atoms with Gasteiger partial charge in [0.25, 0.3) is 0 Å². The highest BCUT2D eigenvalue weighted by Gasteiger charge is 2.37. The molecule has 1 saturated heterocycles. The fraction of sp³-hybridized carbons (Fsp3) is 0.909. The highest BCUT2D eigenvalue weighted by Crippen LogP contribution is 2.27. The molecule has 1 fully saturated rings. The average molecular weight is 199 g/mol. The Labute approximate surface area is 86.4 Å². The molecular weight excluding hydrogens is 178 g/mol. The largest absolute Gasteiger partial charge is 0.383 e. The van der Waals surface area contributed by atoms with E-state index in [2.05, 4.69) is 18.7 Å². The van der Waals surface area contributed by atoms with Crippen LogP contribution in [0.5, 0.6) is 0 Å². The van der Waals surface area contributed by atoms with E-state index in [9.17, 15) is 4.79 Å². The van der Waals surface area contributed by atoms with Gasteiger partial charge in [0.2, 0.25) is 0 Å². The second-order valence-corrected chi connectivity index (χ2v) is 4.35. The fourth-order valence-corrected chi connectivity index (χ4v) is 2.46. The molecule has 3 heteroatoms. The molecule has 0 N–H and O–H groups in total. The van der Waals surface area contributed by atoms with Crippen LogP contribution < -0.4 is 0 Å². The monoisotopic (exact) mass is 199 g/mol. The van der Waals surface area contributed by atoms with Gasteiger partial charge in [-0.3, -0.25) is 9.69 Å². The predicted molar refractivity (Wildman–Crippen MR) is 56.3 cm³/mol. The van der Waals surface area contributed by atoms with Crippen LogP contribution in [0.3, 0.4) is 0 Å². The number of methoxy groups -OCH3 is 1. The van der Waals surface area contributed by atoms with Gasteiger partial charge in [-0.1, -0.05) is 0 Å². The number of hydrogen-bond donors (Lipinski definition) is 0. The van der Waals surface area contributed by atoms with Gasteiger partial charge in [0.05, 0.1) is 12.6 Å². The molecule has 0 aromatic rings. The number of carbonyl (C=O) groups is 1. The van der Waals surface area contributed by atoms with Crippen LogP contribution in [0.25, 0.3) is 0 Å². The van der Waals surface area contributed by atoms with E-state index in [1.807, 2.05) is 0 Å². The van der Waals surface area contributed by atoms with Gasteiger partial charge in [-0.2, -0.15) is 0 Å². The van der Waals surface area contributed by atoms with Crippen molar-refractivity contribution in [1.29, 1.82) is 0 Å². The summed E-state index contributed by atoms with van der Waals surface area (Å²) in [7, 11) is 1.72. The molecule has 0 aromatic carbocycles. The molecule has 0 aromatic heterocycles. The molecule has 2 atom stereocenters. The van der Waals surface area contributed by atoms with E-state index in [0.717, 1.165) is 19.4 Å². The highest BCUT2D eigenvalue weighted by molar-refractivity contribution is 5.81. The van der Waals surface area contributed by atoms with Crippen LogP contribution in [0.15, 0.2) is 0 Å². The van der Waals surface area contributed by atoms with Crippen molar-refractivity contribution in [3.8, 4) is 0 Å². The molecule has 0 unspecified atom stereocenters. The Balaban J connectivity index is 2.69. The maximum atomic E-state index is 11.4. The van der Waals surface area contributed by atoms with Crippen molar-refractivity contribution in [3.63, 3.8) is 0 Å². The van der Waals surface area contributed by atoms with Crippen LogP contribution in [-0.2, 0) is 9.53 Å². The van der Waals surface area contributed by atoms with Gasteiger partial charge in [-0.05, 0) is 33.6 Å². The number of likely N-dealkylation sites (tertiary alicyclic amines) is 1. The minimum Gasteiger partial charge on any atom is -0.383 e. The summed E-state index contributed by atoms with van der Waals surface area (Å²) in [6.07, 6.45) is 2.07. The summed E-state index contributed by atoms with van der Waals surface area (Å²) in [6, 6.07) is 0.968. The van der Waals surface area contributed by atoms with Crippen LogP contribution >= 0.6 is 0 Å². The summed E-state index contributed by atoms with van der Waals surface area (Å²) in [5.74, 6) is 0.289. The third-order valence-electron chi connectivity index (χ3n) is 2.98. The molecule has 0 spiro atoms. The van der Waals surface area contributed by atoms with E-state index in [1.54, 1.807) is 14.0 Å². The maximum Gasteiger partial charge on any atom is 0.146 e. The van der Waals surface area contributed by atoms with Crippen LogP contribution in [0.1, 0.15) is 33.6 Å². The van der Waals surface area contributed by atoms with Crippen LogP contribution in [0.4, 0.5) is 0 Å². The van der Waals surface area contributed by atoms with Crippen molar-refractivity contribution in [1.82, 2.24) is 4.90 Å². The molecular formula is C11H21NO2. The first-order chi connectivity index (χ1) is 6.57. The van der Waals surface area contributed by atoms with Gasteiger partial charge >= 0.3 is 0 Å². The molecule has 0 bridgehead atoms. The first kappa shape index (κ1) is 11.7. The minimum atomic E-state index is 0.121. The quantitative estimate of drug-likeness (QED) is 0.686. The molecule has 0 radical (unpaired) electrons. The molecule has 0 aliphatic carbocycles. The lowest BCUT2D eigenvalue weighted by Crippen LogP contribution is -2.45. The van der Waals surface area contributed by atoms with Crippen molar-refractivity contribution < 1.29 is 9.53 Å². The zero-order valence-electron chi connectivity index (χ0n) is 9.62. The Morgan fingerprint density at radius 2 is 2.14 bits per heavy atom. The molecule has 3 nitrogen and oxygen atoms in total. The second kappa shape index (κ2) is 4.89. The lowest BCUT2D eigenvalue weighted by Gasteiger charge is -2.32. The zero-order chi connectivity index (χ0) is 10.7. The van der Waals surface area contributed by atoms with Crippen molar-refractivity contribution >= 4 is 5.78 Å². The Morgan fingerprint density at radius 1 is 1.50 bits per heavy atom. The number of ketones is 1. The summed E-state index contributed by atoms with van der Waals surface area (Å²) in [4.78, 5) is 13.7. The summed E-state index contributed by atoms with van der Waals surface area (Å²) < 4.78 is 5.18.